The summed E-state index contributed by atoms with van der Waals surface area (Å²) < 4.78 is 5.77. The molecule has 2 nitrogen and oxygen atoms in total. The fourth-order valence-electron chi connectivity index (χ4n) is 1.37. The minimum Gasteiger partial charge on any atom is -0.374 e. The Morgan fingerprint density at radius 3 is 2.38 bits per heavy atom. The Morgan fingerprint density at radius 2 is 1.92 bits per heavy atom. The molecule has 0 saturated heterocycles. The van der Waals surface area contributed by atoms with Gasteiger partial charge in [-0.3, -0.25) is 0 Å². The summed E-state index contributed by atoms with van der Waals surface area (Å²) in [7, 11) is 0. The third-order valence-electron chi connectivity index (χ3n) is 2.34. The van der Waals surface area contributed by atoms with Crippen LogP contribution in [0.4, 0.5) is 0 Å². The topological polar surface area (TPSA) is 35.2 Å². The zero-order valence-electron chi connectivity index (χ0n) is 9.38. The smallest absolute Gasteiger partial charge is 0.0672 e. The monoisotopic (exact) mass is 187 g/mol. The van der Waals surface area contributed by atoms with E-state index in [0.29, 0.717) is 12.6 Å². The molecule has 0 heterocycles. The lowest BCUT2D eigenvalue weighted by Crippen LogP contribution is -2.26. The standard InChI is InChI=1S/C11H25NO/c1-4-6-7-8-11(5-2)13-10(3)9-12/h10-11H,4-9,12H2,1-3H3. The van der Waals surface area contributed by atoms with Gasteiger partial charge in [-0.2, -0.15) is 0 Å². The Balaban J connectivity index is 3.50. The molecule has 0 spiro atoms. The van der Waals surface area contributed by atoms with Crippen molar-refractivity contribution in [1.29, 1.82) is 0 Å². The largest absolute Gasteiger partial charge is 0.374 e. The summed E-state index contributed by atoms with van der Waals surface area (Å²) in [6.07, 6.45) is 6.81. The number of nitrogens with two attached hydrogens (primary N) is 1. The third kappa shape index (κ3) is 7.03. The molecule has 2 N–H and O–H groups in total. The van der Waals surface area contributed by atoms with Gasteiger partial charge in [0.25, 0.3) is 0 Å². The van der Waals surface area contributed by atoms with E-state index in [4.69, 9.17) is 10.5 Å². The summed E-state index contributed by atoms with van der Waals surface area (Å²) in [5.41, 5.74) is 5.50. The van der Waals surface area contributed by atoms with Crippen molar-refractivity contribution in [3.05, 3.63) is 0 Å². The number of rotatable bonds is 8. The van der Waals surface area contributed by atoms with Crippen molar-refractivity contribution in [3.8, 4) is 0 Å². The molecule has 0 aromatic rings. The molecule has 0 fully saturated rings. The molecular formula is C11H25NO. The molecule has 0 aromatic heterocycles. The van der Waals surface area contributed by atoms with Crippen LogP contribution in [0, 0.1) is 0 Å². The molecule has 0 aliphatic heterocycles. The Morgan fingerprint density at radius 1 is 1.23 bits per heavy atom. The van der Waals surface area contributed by atoms with Crippen molar-refractivity contribution in [1.82, 2.24) is 0 Å². The quantitative estimate of drug-likeness (QED) is 0.593. The molecule has 2 heteroatoms. The van der Waals surface area contributed by atoms with E-state index in [-0.39, 0.29) is 6.10 Å². The summed E-state index contributed by atoms with van der Waals surface area (Å²) in [4.78, 5) is 0. The first-order valence-electron chi connectivity index (χ1n) is 5.60. The maximum absolute atomic E-state index is 5.77. The minimum absolute atomic E-state index is 0.214. The highest BCUT2D eigenvalue weighted by atomic mass is 16.5. The van der Waals surface area contributed by atoms with Gasteiger partial charge >= 0.3 is 0 Å². The maximum Gasteiger partial charge on any atom is 0.0672 e. The lowest BCUT2D eigenvalue weighted by molar-refractivity contribution is -0.00469. The molecule has 0 aliphatic carbocycles. The molecule has 0 rings (SSSR count). The average molecular weight is 187 g/mol. The van der Waals surface area contributed by atoms with E-state index in [1.807, 2.05) is 6.92 Å². The van der Waals surface area contributed by atoms with Crippen LogP contribution < -0.4 is 5.73 Å². The average Bonchev–Trinajstić information content (AvgIpc) is 2.16. The predicted octanol–water partition coefficient (Wildman–Crippen LogP) is 2.71. The molecule has 80 valence electrons. The van der Waals surface area contributed by atoms with Gasteiger partial charge in [-0.15, -0.1) is 0 Å². The van der Waals surface area contributed by atoms with E-state index < -0.39 is 0 Å². The normalized spacial score (nSPS) is 15.7. The van der Waals surface area contributed by atoms with Gasteiger partial charge in [-0.25, -0.2) is 0 Å². The molecule has 2 atom stereocenters. The van der Waals surface area contributed by atoms with E-state index in [0.717, 1.165) is 6.42 Å². The molecule has 0 aliphatic rings. The molecule has 0 bridgehead atoms. The van der Waals surface area contributed by atoms with Gasteiger partial charge in [0, 0.05) is 6.54 Å². The highest BCUT2D eigenvalue weighted by Crippen LogP contribution is 2.11. The second kappa shape index (κ2) is 8.52. The van der Waals surface area contributed by atoms with Crippen molar-refractivity contribution < 1.29 is 4.74 Å². The van der Waals surface area contributed by atoms with Gasteiger partial charge in [0.1, 0.15) is 0 Å². The Labute approximate surface area is 82.8 Å². The van der Waals surface area contributed by atoms with Gasteiger partial charge in [-0.1, -0.05) is 33.1 Å². The predicted molar refractivity (Wildman–Crippen MR) is 57.8 cm³/mol. The van der Waals surface area contributed by atoms with Gasteiger partial charge < -0.3 is 10.5 Å². The summed E-state index contributed by atoms with van der Waals surface area (Å²) in [5.74, 6) is 0. The molecule has 2 unspecified atom stereocenters. The maximum atomic E-state index is 5.77. The first-order valence-corrected chi connectivity index (χ1v) is 5.60. The van der Waals surface area contributed by atoms with Crippen molar-refractivity contribution in [2.45, 2.75) is 65.1 Å². The van der Waals surface area contributed by atoms with Crippen LogP contribution >= 0.6 is 0 Å². The highest BCUT2D eigenvalue weighted by molar-refractivity contribution is 4.59. The second-order valence-electron chi connectivity index (χ2n) is 3.71. The van der Waals surface area contributed by atoms with Crippen molar-refractivity contribution in [3.63, 3.8) is 0 Å². The molecule has 0 radical (unpaired) electrons. The van der Waals surface area contributed by atoms with Crippen molar-refractivity contribution in [2.75, 3.05) is 6.54 Å². The van der Waals surface area contributed by atoms with Crippen LogP contribution in [-0.4, -0.2) is 18.8 Å². The second-order valence-corrected chi connectivity index (χ2v) is 3.71. The van der Waals surface area contributed by atoms with E-state index in [1.165, 1.54) is 25.7 Å². The van der Waals surface area contributed by atoms with Gasteiger partial charge in [-0.05, 0) is 19.8 Å². The van der Waals surface area contributed by atoms with E-state index in [9.17, 15) is 0 Å². The van der Waals surface area contributed by atoms with E-state index in [2.05, 4.69) is 13.8 Å². The van der Waals surface area contributed by atoms with E-state index >= 15 is 0 Å². The van der Waals surface area contributed by atoms with Crippen LogP contribution in [0.15, 0.2) is 0 Å². The fourth-order valence-corrected chi connectivity index (χ4v) is 1.37. The third-order valence-corrected chi connectivity index (χ3v) is 2.34. The van der Waals surface area contributed by atoms with Crippen LogP contribution in [0.25, 0.3) is 0 Å². The summed E-state index contributed by atoms with van der Waals surface area (Å²) >= 11 is 0. The highest BCUT2D eigenvalue weighted by Gasteiger charge is 2.09. The molecule has 0 aromatic carbocycles. The Bertz CT molecular complexity index is 106. The van der Waals surface area contributed by atoms with Crippen LogP contribution in [0.5, 0.6) is 0 Å². The lowest BCUT2D eigenvalue weighted by atomic mass is 10.1. The summed E-state index contributed by atoms with van der Waals surface area (Å²) in [6, 6.07) is 0. The van der Waals surface area contributed by atoms with E-state index in [1.54, 1.807) is 0 Å². The Hall–Kier alpha value is -0.0800. The first-order chi connectivity index (χ1) is 6.24. The van der Waals surface area contributed by atoms with Gasteiger partial charge in [0.15, 0.2) is 0 Å². The van der Waals surface area contributed by atoms with Gasteiger partial charge in [0.05, 0.1) is 12.2 Å². The zero-order chi connectivity index (χ0) is 10.1. The van der Waals surface area contributed by atoms with Crippen molar-refractivity contribution in [2.24, 2.45) is 5.73 Å². The fraction of sp³-hybridized carbons (Fsp3) is 1.00. The SMILES string of the molecule is CCCCCC(CC)OC(C)CN. The lowest BCUT2D eigenvalue weighted by Gasteiger charge is -2.20. The van der Waals surface area contributed by atoms with Crippen molar-refractivity contribution >= 4 is 0 Å². The molecular weight excluding hydrogens is 162 g/mol. The van der Waals surface area contributed by atoms with Crippen LogP contribution in [0.3, 0.4) is 0 Å². The number of unbranched alkanes of at least 4 members (excludes halogenated alkanes) is 2. The van der Waals surface area contributed by atoms with Crippen LogP contribution in [0.2, 0.25) is 0 Å². The number of hydrogen-bond donors (Lipinski definition) is 1. The molecule has 0 amide bonds. The molecule has 0 saturated carbocycles. The number of hydrogen-bond acceptors (Lipinski definition) is 2. The summed E-state index contributed by atoms with van der Waals surface area (Å²) in [5, 5.41) is 0. The number of ether oxygens (including phenoxy) is 1. The van der Waals surface area contributed by atoms with Gasteiger partial charge in [0.2, 0.25) is 0 Å². The molecule has 13 heavy (non-hydrogen) atoms. The zero-order valence-corrected chi connectivity index (χ0v) is 9.38. The Kier molecular flexibility index (Phi) is 8.46. The van der Waals surface area contributed by atoms with Crippen LogP contribution in [0.1, 0.15) is 52.9 Å². The minimum atomic E-state index is 0.214. The van der Waals surface area contributed by atoms with Crippen LogP contribution in [-0.2, 0) is 4.74 Å². The summed E-state index contributed by atoms with van der Waals surface area (Å²) in [6.45, 7) is 7.08. The first kappa shape index (κ1) is 12.9.